The lowest BCUT2D eigenvalue weighted by molar-refractivity contribution is -0.0501. The molecule has 0 saturated carbocycles. The van der Waals surface area contributed by atoms with Crippen molar-refractivity contribution < 1.29 is 57.1 Å². The molecule has 3 heterocycles. The fourth-order valence-electron chi connectivity index (χ4n) is 3.42. The number of phosphoric acid groups is 1. The van der Waals surface area contributed by atoms with Crippen LogP contribution in [0.5, 0.6) is 0 Å². The molecule has 2 aromatic heterocycles. The van der Waals surface area contributed by atoms with Crippen molar-refractivity contribution in [2.24, 2.45) is 0 Å². The Morgan fingerprint density at radius 3 is 2.27 bits per heavy atom. The molecule has 0 spiro atoms. The summed E-state index contributed by atoms with van der Waals surface area (Å²) in [7, 11) is -16.4. The van der Waals surface area contributed by atoms with E-state index < -0.39 is 56.9 Å². The number of hydrogen-bond donors (Lipinski definition) is 6. The minimum absolute atomic E-state index is 0.274. The summed E-state index contributed by atoms with van der Waals surface area (Å²) in [6.45, 7) is 4.21. The standard InChI is InChI=1S/C15H24Br2N5O12P3/c1-3-21(4-2)12-9-13(19-6-18-12)22(7-20-9)14-11(24)10(23)8(33-14)5-32-37(30,31)34-36(28,29)15(16,17)35(25,26)27/h6-8,10-11,14,23-24H,3-5H2,1-2H3,(H,28,29)(H,30,31)(H2,25,26,27)/t8?,10-,11-,14?/m1/s1. The Bertz CT molecular complexity index is 1270. The molecule has 1 fully saturated rings. The Balaban J connectivity index is 1.77. The second-order valence-electron chi connectivity index (χ2n) is 7.66. The molecule has 1 aliphatic heterocycles. The third kappa shape index (κ3) is 6.20. The summed E-state index contributed by atoms with van der Waals surface area (Å²) in [6, 6.07) is 0. The molecule has 2 aromatic rings. The molecule has 6 N–H and O–H groups in total. The zero-order valence-electron chi connectivity index (χ0n) is 19.1. The highest BCUT2D eigenvalue weighted by molar-refractivity contribution is 9.29. The fourth-order valence-corrected chi connectivity index (χ4v) is 8.27. The second-order valence-corrected chi connectivity index (χ2v) is 19.2. The van der Waals surface area contributed by atoms with E-state index in [1.165, 1.54) is 17.2 Å². The highest BCUT2D eigenvalue weighted by Gasteiger charge is 2.61. The van der Waals surface area contributed by atoms with Crippen LogP contribution < -0.4 is 4.90 Å². The van der Waals surface area contributed by atoms with Gasteiger partial charge in [0.25, 0.3) is 2.72 Å². The first kappa shape index (κ1) is 31.2. The Hall–Kier alpha value is -0.360. The van der Waals surface area contributed by atoms with E-state index >= 15 is 0 Å². The summed E-state index contributed by atoms with van der Waals surface area (Å²) in [5.41, 5.74) is 0.678. The first-order valence-electron chi connectivity index (χ1n) is 10.4. The van der Waals surface area contributed by atoms with Crippen molar-refractivity contribution in [3.63, 3.8) is 0 Å². The smallest absolute Gasteiger partial charge is 0.387 e. The van der Waals surface area contributed by atoms with E-state index in [-0.39, 0.29) is 5.65 Å². The van der Waals surface area contributed by atoms with Gasteiger partial charge < -0.3 is 39.4 Å². The van der Waals surface area contributed by atoms with Crippen molar-refractivity contribution in [2.75, 3.05) is 24.6 Å². The van der Waals surface area contributed by atoms with Crippen molar-refractivity contribution in [2.45, 2.75) is 41.1 Å². The molecule has 37 heavy (non-hydrogen) atoms. The molecule has 0 aromatic carbocycles. The molecule has 0 bridgehead atoms. The topological polar surface area (TPSA) is 247 Å². The third-order valence-electron chi connectivity index (χ3n) is 5.32. The van der Waals surface area contributed by atoms with Crippen LogP contribution in [0.2, 0.25) is 0 Å². The molecule has 1 saturated heterocycles. The maximum Gasteiger partial charge on any atom is 0.479 e. The van der Waals surface area contributed by atoms with Gasteiger partial charge in [0, 0.05) is 13.1 Å². The number of aliphatic hydroxyl groups is 2. The molecular weight excluding hydrogens is 695 g/mol. The van der Waals surface area contributed by atoms with E-state index in [9.17, 15) is 43.5 Å². The summed E-state index contributed by atoms with van der Waals surface area (Å²) in [5, 5.41) is 21.0. The molecule has 4 unspecified atom stereocenters. The van der Waals surface area contributed by atoms with E-state index in [0.29, 0.717) is 24.4 Å². The van der Waals surface area contributed by atoms with Gasteiger partial charge >= 0.3 is 23.0 Å². The summed E-state index contributed by atoms with van der Waals surface area (Å²) in [4.78, 5) is 52.8. The Kier molecular flexibility index (Phi) is 9.48. The first-order valence-corrected chi connectivity index (χ1v) is 16.6. The van der Waals surface area contributed by atoms with Crippen LogP contribution in [0.1, 0.15) is 20.1 Å². The molecular formula is C15H24Br2N5O12P3. The van der Waals surface area contributed by atoms with Gasteiger partial charge in [0.05, 0.1) is 12.9 Å². The second kappa shape index (κ2) is 11.3. The lowest BCUT2D eigenvalue weighted by atomic mass is 10.1. The van der Waals surface area contributed by atoms with Crippen molar-refractivity contribution in [1.29, 1.82) is 0 Å². The van der Waals surface area contributed by atoms with Gasteiger partial charge in [0.1, 0.15) is 24.6 Å². The van der Waals surface area contributed by atoms with Crippen LogP contribution in [0, 0.1) is 0 Å². The van der Waals surface area contributed by atoms with Crippen molar-refractivity contribution in [3.05, 3.63) is 12.7 Å². The number of phosphoric ester groups is 1. The predicted octanol–water partition coefficient (Wildman–Crippen LogP) is 1.19. The average Bonchev–Trinajstić information content (AvgIpc) is 3.33. The summed E-state index contributed by atoms with van der Waals surface area (Å²) >= 11 is 4.58. The van der Waals surface area contributed by atoms with Gasteiger partial charge in [-0.1, -0.05) is 0 Å². The zero-order chi connectivity index (χ0) is 28.0. The van der Waals surface area contributed by atoms with Gasteiger partial charge in [0.2, 0.25) is 0 Å². The van der Waals surface area contributed by atoms with Crippen LogP contribution in [0.3, 0.4) is 0 Å². The maximum atomic E-state index is 12.2. The molecule has 210 valence electrons. The number of rotatable bonds is 11. The quantitative estimate of drug-likeness (QED) is 0.141. The highest BCUT2D eigenvalue weighted by Crippen LogP contribution is 2.81. The van der Waals surface area contributed by atoms with Crippen molar-refractivity contribution in [1.82, 2.24) is 19.5 Å². The molecule has 3 rings (SSSR count). The van der Waals surface area contributed by atoms with E-state index in [0.717, 1.165) is 0 Å². The molecule has 6 atom stereocenters. The van der Waals surface area contributed by atoms with Gasteiger partial charge in [0.15, 0.2) is 23.2 Å². The summed E-state index contributed by atoms with van der Waals surface area (Å²) in [6.07, 6.45) is -3.33. The van der Waals surface area contributed by atoms with E-state index in [1.54, 1.807) is 0 Å². The van der Waals surface area contributed by atoms with Crippen LogP contribution in [0.15, 0.2) is 12.7 Å². The van der Waals surface area contributed by atoms with Crippen LogP contribution in [0.25, 0.3) is 11.2 Å². The number of ether oxygens (including phenoxy) is 1. The molecule has 17 nitrogen and oxygen atoms in total. The number of imidazole rings is 1. The molecule has 0 amide bonds. The monoisotopic (exact) mass is 717 g/mol. The van der Waals surface area contributed by atoms with Gasteiger partial charge in [-0.2, -0.15) is 0 Å². The zero-order valence-corrected chi connectivity index (χ0v) is 24.9. The number of anilines is 1. The van der Waals surface area contributed by atoms with Crippen LogP contribution in [0.4, 0.5) is 5.82 Å². The largest absolute Gasteiger partial charge is 0.479 e. The molecule has 0 aliphatic carbocycles. The van der Waals surface area contributed by atoms with Crippen LogP contribution in [-0.2, 0) is 27.3 Å². The van der Waals surface area contributed by atoms with E-state index in [1.807, 2.05) is 18.7 Å². The predicted molar refractivity (Wildman–Crippen MR) is 134 cm³/mol. The van der Waals surface area contributed by atoms with Crippen LogP contribution in [-0.4, -0.2) is 90.0 Å². The van der Waals surface area contributed by atoms with Crippen molar-refractivity contribution in [3.8, 4) is 0 Å². The number of halogens is 2. The van der Waals surface area contributed by atoms with Gasteiger partial charge in [-0.15, -0.1) is 0 Å². The lowest BCUT2D eigenvalue weighted by Gasteiger charge is -2.27. The first-order chi connectivity index (χ1) is 17.0. The van der Waals surface area contributed by atoms with E-state index in [4.69, 9.17) is 4.74 Å². The lowest BCUT2D eigenvalue weighted by Crippen LogP contribution is -2.33. The number of hydrogen-bond acceptors (Lipinski definition) is 12. The number of alkyl halides is 2. The Morgan fingerprint density at radius 2 is 1.70 bits per heavy atom. The Morgan fingerprint density at radius 1 is 1.08 bits per heavy atom. The van der Waals surface area contributed by atoms with Crippen molar-refractivity contribution >= 4 is 71.9 Å². The SMILES string of the molecule is CCN(CC)c1ncnc2c1ncn2C1OC(COP(=O)(O)OP(=O)(O)C(Br)(Br)P(=O)(O)O)[C@@H](O)[C@H]1O. The number of aromatic nitrogens is 4. The number of nitrogens with zero attached hydrogens (tertiary/aromatic N) is 5. The minimum Gasteiger partial charge on any atom is -0.387 e. The molecule has 0 radical (unpaired) electrons. The number of fused-ring (bicyclic) bond motifs is 1. The maximum absolute atomic E-state index is 12.2. The molecule has 1 aliphatic rings. The van der Waals surface area contributed by atoms with Crippen LogP contribution >= 0.6 is 54.9 Å². The molecule has 22 heteroatoms. The summed E-state index contributed by atoms with van der Waals surface area (Å²) in [5.74, 6) is 0.540. The summed E-state index contributed by atoms with van der Waals surface area (Å²) < 4.78 is 48.5. The van der Waals surface area contributed by atoms with Gasteiger partial charge in [-0.3, -0.25) is 18.2 Å². The number of aliphatic hydroxyl groups excluding tert-OH is 2. The fraction of sp³-hybridized carbons (Fsp3) is 0.667. The third-order valence-corrected chi connectivity index (χ3v) is 15.9. The average molecular weight is 719 g/mol. The van der Waals surface area contributed by atoms with E-state index in [2.05, 4.69) is 55.6 Å². The normalized spacial score (nSPS) is 26.2. The highest BCUT2D eigenvalue weighted by atomic mass is 79.9. The van der Waals surface area contributed by atoms with Gasteiger partial charge in [-0.25, -0.2) is 23.8 Å². The van der Waals surface area contributed by atoms with Gasteiger partial charge in [-0.05, 0) is 45.7 Å². The Labute approximate surface area is 226 Å². The minimum atomic E-state index is -5.58.